The summed E-state index contributed by atoms with van der Waals surface area (Å²) in [6, 6.07) is 18.6. The zero-order valence-corrected chi connectivity index (χ0v) is 11.5. The molecular weight excluding hydrogens is 264 g/mol. The molecule has 0 saturated carbocycles. The molecule has 1 aliphatic heterocycles. The maximum atomic E-state index is 12.4. The molecule has 0 spiro atoms. The summed E-state index contributed by atoms with van der Waals surface area (Å²) in [5.74, 6) is -0.287. The average molecular weight is 280 g/mol. The van der Waals surface area contributed by atoms with Gasteiger partial charge in [0.05, 0.1) is 13.0 Å². The van der Waals surface area contributed by atoms with Crippen LogP contribution in [0.3, 0.4) is 0 Å². The number of carbonyl (C=O) groups excluding carboxylic acids is 2. The lowest BCUT2D eigenvalue weighted by atomic mass is 10.2. The molecule has 106 valence electrons. The van der Waals surface area contributed by atoms with Crippen molar-refractivity contribution in [3.05, 3.63) is 66.2 Å². The molecular formula is C17H16N2O2. The first kappa shape index (κ1) is 13.4. The summed E-state index contributed by atoms with van der Waals surface area (Å²) < 4.78 is 0. The highest BCUT2D eigenvalue weighted by atomic mass is 16.2. The van der Waals surface area contributed by atoms with Gasteiger partial charge < -0.3 is 5.32 Å². The molecule has 1 fully saturated rings. The van der Waals surface area contributed by atoms with Gasteiger partial charge in [-0.2, -0.15) is 0 Å². The smallest absolute Gasteiger partial charge is 0.252 e. The number of para-hydroxylation sites is 1. The zero-order valence-electron chi connectivity index (χ0n) is 11.5. The van der Waals surface area contributed by atoms with Crippen LogP contribution >= 0.6 is 0 Å². The van der Waals surface area contributed by atoms with E-state index in [2.05, 4.69) is 5.32 Å². The van der Waals surface area contributed by atoms with Crippen LogP contribution in [0.2, 0.25) is 0 Å². The molecule has 1 N–H and O–H groups in total. The van der Waals surface area contributed by atoms with E-state index in [0.717, 1.165) is 11.3 Å². The third-order valence-corrected chi connectivity index (χ3v) is 3.54. The summed E-state index contributed by atoms with van der Waals surface area (Å²) in [5.41, 5.74) is 1.81. The van der Waals surface area contributed by atoms with Crippen molar-refractivity contribution in [1.82, 2.24) is 4.90 Å². The minimum absolute atomic E-state index is 0.128. The lowest BCUT2D eigenvalue weighted by Crippen LogP contribution is -2.34. The molecule has 1 saturated heterocycles. The van der Waals surface area contributed by atoms with Crippen LogP contribution in [0.15, 0.2) is 60.7 Å². The van der Waals surface area contributed by atoms with Gasteiger partial charge in [-0.05, 0) is 17.7 Å². The van der Waals surface area contributed by atoms with Crippen molar-refractivity contribution in [3.63, 3.8) is 0 Å². The fourth-order valence-electron chi connectivity index (χ4n) is 2.46. The molecule has 0 radical (unpaired) electrons. The molecule has 4 nitrogen and oxygen atoms in total. The van der Waals surface area contributed by atoms with Gasteiger partial charge in [0, 0.05) is 5.69 Å². The van der Waals surface area contributed by atoms with Crippen molar-refractivity contribution in [2.45, 2.75) is 19.0 Å². The minimum atomic E-state index is -0.469. The summed E-state index contributed by atoms with van der Waals surface area (Å²) in [5, 5.41) is 3.12. The Morgan fingerprint density at radius 1 is 0.952 bits per heavy atom. The molecule has 1 atom stereocenters. The van der Waals surface area contributed by atoms with Gasteiger partial charge in [0.1, 0.15) is 6.04 Å². The van der Waals surface area contributed by atoms with E-state index >= 15 is 0 Å². The second-order valence-electron chi connectivity index (χ2n) is 5.07. The van der Waals surface area contributed by atoms with Gasteiger partial charge in [-0.1, -0.05) is 48.5 Å². The lowest BCUT2D eigenvalue weighted by Gasteiger charge is -2.16. The number of hydrogen-bond acceptors (Lipinski definition) is 3. The molecule has 0 unspecified atom stereocenters. The van der Waals surface area contributed by atoms with Crippen molar-refractivity contribution in [2.24, 2.45) is 0 Å². The number of nitrogens with one attached hydrogen (secondary N) is 1. The first-order valence-corrected chi connectivity index (χ1v) is 6.94. The van der Waals surface area contributed by atoms with Crippen molar-refractivity contribution in [2.75, 3.05) is 5.32 Å². The summed E-state index contributed by atoms with van der Waals surface area (Å²) in [4.78, 5) is 25.8. The SMILES string of the molecule is O=C1C[C@@H](Nc2ccccc2)C(=O)N1Cc1ccccc1. The Morgan fingerprint density at radius 2 is 1.57 bits per heavy atom. The molecule has 2 aromatic rings. The largest absolute Gasteiger partial charge is 0.373 e. The number of hydrogen-bond donors (Lipinski definition) is 1. The zero-order chi connectivity index (χ0) is 14.7. The highest BCUT2D eigenvalue weighted by Gasteiger charge is 2.38. The van der Waals surface area contributed by atoms with Crippen LogP contribution in [-0.4, -0.2) is 22.8 Å². The van der Waals surface area contributed by atoms with Gasteiger partial charge in [0.2, 0.25) is 5.91 Å². The fraction of sp³-hybridized carbons (Fsp3) is 0.176. The van der Waals surface area contributed by atoms with Crippen LogP contribution in [-0.2, 0) is 16.1 Å². The van der Waals surface area contributed by atoms with E-state index in [0.29, 0.717) is 6.54 Å². The Labute approximate surface area is 123 Å². The number of carbonyl (C=O) groups is 2. The topological polar surface area (TPSA) is 49.4 Å². The third kappa shape index (κ3) is 2.94. The first-order valence-electron chi connectivity index (χ1n) is 6.94. The van der Waals surface area contributed by atoms with E-state index in [4.69, 9.17) is 0 Å². The number of amides is 2. The summed E-state index contributed by atoms with van der Waals surface area (Å²) in [7, 11) is 0. The minimum Gasteiger partial charge on any atom is -0.373 e. The molecule has 2 aromatic carbocycles. The molecule has 4 heteroatoms. The van der Waals surface area contributed by atoms with Crippen molar-refractivity contribution < 1.29 is 9.59 Å². The summed E-state index contributed by atoms with van der Waals surface area (Å²) in [6.07, 6.45) is 0.209. The fourth-order valence-corrected chi connectivity index (χ4v) is 2.46. The van der Waals surface area contributed by atoms with E-state index in [1.807, 2.05) is 60.7 Å². The Hall–Kier alpha value is -2.62. The lowest BCUT2D eigenvalue weighted by molar-refractivity contribution is -0.139. The van der Waals surface area contributed by atoms with Gasteiger partial charge in [-0.3, -0.25) is 14.5 Å². The van der Waals surface area contributed by atoms with Crippen LogP contribution in [0.25, 0.3) is 0 Å². The maximum Gasteiger partial charge on any atom is 0.252 e. The van der Waals surface area contributed by atoms with E-state index in [9.17, 15) is 9.59 Å². The number of imide groups is 1. The van der Waals surface area contributed by atoms with Crippen molar-refractivity contribution in [1.29, 1.82) is 0 Å². The molecule has 0 aromatic heterocycles. The standard InChI is InChI=1S/C17H16N2O2/c20-16-11-15(18-14-9-5-2-6-10-14)17(21)19(16)12-13-7-3-1-4-8-13/h1-10,15,18H,11-12H2/t15-/m1/s1. The summed E-state index contributed by atoms with van der Waals surface area (Å²) in [6.45, 7) is 0.339. The molecule has 21 heavy (non-hydrogen) atoms. The van der Waals surface area contributed by atoms with Crippen molar-refractivity contribution in [3.8, 4) is 0 Å². The van der Waals surface area contributed by atoms with Gasteiger partial charge in [-0.15, -0.1) is 0 Å². The molecule has 0 bridgehead atoms. The van der Waals surface area contributed by atoms with Crippen LogP contribution < -0.4 is 5.32 Å². The predicted molar refractivity (Wildman–Crippen MR) is 80.5 cm³/mol. The first-order chi connectivity index (χ1) is 10.2. The third-order valence-electron chi connectivity index (χ3n) is 3.54. The van der Waals surface area contributed by atoms with E-state index < -0.39 is 6.04 Å². The van der Waals surface area contributed by atoms with E-state index in [-0.39, 0.29) is 18.2 Å². The Balaban J connectivity index is 1.70. The Morgan fingerprint density at radius 3 is 2.24 bits per heavy atom. The van der Waals surface area contributed by atoms with Gasteiger partial charge in [0.15, 0.2) is 0 Å². The number of anilines is 1. The Bertz CT molecular complexity index is 640. The van der Waals surface area contributed by atoms with Crippen molar-refractivity contribution >= 4 is 17.5 Å². The van der Waals surface area contributed by atoms with E-state index in [1.165, 1.54) is 4.90 Å². The number of likely N-dealkylation sites (tertiary alicyclic amines) is 1. The van der Waals surface area contributed by atoms with E-state index in [1.54, 1.807) is 0 Å². The molecule has 1 aliphatic rings. The maximum absolute atomic E-state index is 12.4. The quantitative estimate of drug-likeness (QED) is 0.875. The number of nitrogens with zero attached hydrogens (tertiary/aromatic N) is 1. The Kier molecular flexibility index (Phi) is 3.69. The van der Waals surface area contributed by atoms with Crippen LogP contribution in [0.5, 0.6) is 0 Å². The van der Waals surface area contributed by atoms with Crippen LogP contribution in [0.4, 0.5) is 5.69 Å². The second-order valence-corrected chi connectivity index (χ2v) is 5.07. The highest BCUT2D eigenvalue weighted by molar-refractivity contribution is 6.06. The second kappa shape index (κ2) is 5.79. The highest BCUT2D eigenvalue weighted by Crippen LogP contribution is 2.20. The molecule has 0 aliphatic carbocycles. The van der Waals surface area contributed by atoms with Crippen LogP contribution in [0.1, 0.15) is 12.0 Å². The molecule has 3 rings (SSSR count). The average Bonchev–Trinajstić information content (AvgIpc) is 2.77. The molecule has 2 amide bonds. The van der Waals surface area contributed by atoms with Gasteiger partial charge >= 0.3 is 0 Å². The van der Waals surface area contributed by atoms with Gasteiger partial charge in [0.25, 0.3) is 5.91 Å². The predicted octanol–water partition coefficient (Wildman–Crippen LogP) is 2.43. The normalized spacial score (nSPS) is 18.1. The van der Waals surface area contributed by atoms with Crippen LogP contribution in [0, 0.1) is 0 Å². The molecule has 1 heterocycles. The summed E-state index contributed by atoms with van der Waals surface area (Å²) >= 11 is 0. The van der Waals surface area contributed by atoms with Gasteiger partial charge in [-0.25, -0.2) is 0 Å². The number of benzene rings is 2. The monoisotopic (exact) mass is 280 g/mol. The number of rotatable bonds is 4.